The Morgan fingerprint density at radius 2 is 2.14 bits per heavy atom. The second-order valence-corrected chi connectivity index (χ2v) is 4.09. The molecular formula is C12H18ClN. The number of rotatable bonds is 5. The van der Waals surface area contributed by atoms with E-state index < -0.39 is 0 Å². The second-order valence-electron chi connectivity index (χ2n) is 3.66. The van der Waals surface area contributed by atoms with Crippen LogP contribution in [0, 0.1) is 0 Å². The van der Waals surface area contributed by atoms with E-state index in [4.69, 9.17) is 17.3 Å². The molecular weight excluding hydrogens is 194 g/mol. The topological polar surface area (TPSA) is 26.0 Å². The standard InChI is InChI=1S/C12H18ClN/c1-2-3-4-8-12(14)10-6-5-7-11(13)9-10/h5-7,9,12H,2-4,8,14H2,1H3/t12-/m0/s1. The fourth-order valence-electron chi connectivity index (χ4n) is 1.52. The molecule has 0 fully saturated rings. The smallest absolute Gasteiger partial charge is 0.0409 e. The lowest BCUT2D eigenvalue weighted by molar-refractivity contribution is 0.581. The number of benzene rings is 1. The van der Waals surface area contributed by atoms with Crippen LogP contribution in [-0.4, -0.2) is 0 Å². The maximum Gasteiger partial charge on any atom is 0.0409 e. The number of hydrogen-bond acceptors (Lipinski definition) is 1. The molecule has 0 radical (unpaired) electrons. The van der Waals surface area contributed by atoms with Gasteiger partial charge >= 0.3 is 0 Å². The Kier molecular flexibility index (Phi) is 4.99. The fourth-order valence-corrected chi connectivity index (χ4v) is 1.72. The van der Waals surface area contributed by atoms with Gasteiger partial charge in [0.25, 0.3) is 0 Å². The van der Waals surface area contributed by atoms with Crippen LogP contribution in [0.5, 0.6) is 0 Å². The highest BCUT2D eigenvalue weighted by molar-refractivity contribution is 6.30. The Balaban J connectivity index is 2.47. The maximum atomic E-state index is 6.05. The van der Waals surface area contributed by atoms with Crippen molar-refractivity contribution in [3.63, 3.8) is 0 Å². The van der Waals surface area contributed by atoms with Crippen molar-refractivity contribution in [2.45, 2.75) is 38.6 Å². The van der Waals surface area contributed by atoms with E-state index in [1.54, 1.807) is 0 Å². The molecule has 0 amide bonds. The lowest BCUT2D eigenvalue weighted by Crippen LogP contribution is -2.09. The first-order valence-corrected chi connectivity index (χ1v) is 5.63. The summed E-state index contributed by atoms with van der Waals surface area (Å²) in [5, 5.41) is 0.772. The van der Waals surface area contributed by atoms with Crippen molar-refractivity contribution in [1.82, 2.24) is 0 Å². The number of hydrogen-bond donors (Lipinski definition) is 1. The first kappa shape index (κ1) is 11.5. The van der Waals surface area contributed by atoms with Crippen molar-refractivity contribution in [2.75, 3.05) is 0 Å². The molecule has 0 aliphatic carbocycles. The van der Waals surface area contributed by atoms with Crippen LogP contribution in [0.1, 0.15) is 44.2 Å². The first-order valence-electron chi connectivity index (χ1n) is 5.25. The molecule has 0 unspecified atom stereocenters. The zero-order valence-corrected chi connectivity index (χ0v) is 9.43. The third kappa shape index (κ3) is 3.69. The minimum atomic E-state index is 0.139. The average molecular weight is 212 g/mol. The van der Waals surface area contributed by atoms with Gasteiger partial charge in [-0.15, -0.1) is 0 Å². The van der Waals surface area contributed by atoms with Crippen molar-refractivity contribution in [2.24, 2.45) is 5.73 Å². The summed E-state index contributed by atoms with van der Waals surface area (Å²) in [6.07, 6.45) is 4.74. The third-order valence-corrected chi connectivity index (χ3v) is 2.63. The molecule has 0 aliphatic rings. The molecule has 0 heterocycles. The second kappa shape index (κ2) is 6.05. The predicted molar refractivity (Wildman–Crippen MR) is 62.5 cm³/mol. The Hall–Kier alpha value is -0.530. The zero-order chi connectivity index (χ0) is 10.4. The van der Waals surface area contributed by atoms with E-state index in [1.807, 2.05) is 24.3 Å². The van der Waals surface area contributed by atoms with E-state index in [1.165, 1.54) is 19.3 Å². The van der Waals surface area contributed by atoms with Crippen LogP contribution in [0.2, 0.25) is 5.02 Å². The third-order valence-electron chi connectivity index (χ3n) is 2.40. The largest absolute Gasteiger partial charge is 0.324 e. The van der Waals surface area contributed by atoms with E-state index in [-0.39, 0.29) is 6.04 Å². The molecule has 78 valence electrons. The van der Waals surface area contributed by atoms with E-state index in [0.717, 1.165) is 17.0 Å². The summed E-state index contributed by atoms with van der Waals surface area (Å²) in [7, 11) is 0. The summed E-state index contributed by atoms with van der Waals surface area (Å²) in [5.74, 6) is 0. The van der Waals surface area contributed by atoms with Crippen LogP contribution in [0.15, 0.2) is 24.3 Å². The molecule has 0 bridgehead atoms. The molecule has 0 saturated carbocycles. The summed E-state index contributed by atoms with van der Waals surface area (Å²) in [4.78, 5) is 0. The molecule has 2 heteroatoms. The molecule has 14 heavy (non-hydrogen) atoms. The van der Waals surface area contributed by atoms with Gasteiger partial charge in [-0.3, -0.25) is 0 Å². The van der Waals surface area contributed by atoms with Gasteiger partial charge in [0, 0.05) is 11.1 Å². The maximum absolute atomic E-state index is 6.05. The van der Waals surface area contributed by atoms with Gasteiger partial charge in [-0.25, -0.2) is 0 Å². The average Bonchev–Trinajstić information content (AvgIpc) is 2.18. The normalized spacial score (nSPS) is 12.8. The van der Waals surface area contributed by atoms with E-state index >= 15 is 0 Å². The molecule has 1 aromatic rings. The quantitative estimate of drug-likeness (QED) is 0.735. The number of halogens is 1. The monoisotopic (exact) mass is 211 g/mol. The van der Waals surface area contributed by atoms with Crippen LogP contribution in [-0.2, 0) is 0 Å². The van der Waals surface area contributed by atoms with E-state index in [2.05, 4.69) is 6.92 Å². The molecule has 1 nitrogen and oxygen atoms in total. The van der Waals surface area contributed by atoms with Crippen LogP contribution >= 0.6 is 11.6 Å². The van der Waals surface area contributed by atoms with Gasteiger partial charge < -0.3 is 5.73 Å². The van der Waals surface area contributed by atoms with Crippen LogP contribution in [0.25, 0.3) is 0 Å². The molecule has 0 spiro atoms. The van der Waals surface area contributed by atoms with Gasteiger partial charge in [-0.2, -0.15) is 0 Å². The van der Waals surface area contributed by atoms with Gasteiger partial charge in [-0.05, 0) is 24.1 Å². The highest BCUT2D eigenvalue weighted by atomic mass is 35.5. The van der Waals surface area contributed by atoms with Crippen molar-refractivity contribution in [3.05, 3.63) is 34.9 Å². The van der Waals surface area contributed by atoms with Crippen molar-refractivity contribution in [3.8, 4) is 0 Å². The first-order chi connectivity index (χ1) is 6.74. The molecule has 2 N–H and O–H groups in total. The summed E-state index contributed by atoms with van der Waals surface area (Å²) in [6.45, 7) is 2.20. The molecule has 0 aromatic heterocycles. The molecule has 1 atom stereocenters. The summed E-state index contributed by atoms with van der Waals surface area (Å²) < 4.78 is 0. The van der Waals surface area contributed by atoms with Gasteiger partial charge in [-0.1, -0.05) is 49.9 Å². The Bertz CT molecular complexity index is 273. The van der Waals surface area contributed by atoms with Gasteiger partial charge in [0.1, 0.15) is 0 Å². The number of nitrogens with two attached hydrogens (primary N) is 1. The highest BCUT2D eigenvalue weighted by Crippen LogP contribution is 2.20. The fraction of sp³-hybridized carbons (Fsp3) is 0.500. The summed E-state index contributed by atoms with van der Waals surface area (Å²) in [5.41, 5.74) is 7.19. The molecule has 0 saturated heterocycles. The Morgan fingerprint density at radius 1 is 1.36 bits per heavy atom. The van der Waals surface area contributed by atoms with Crippen molar-refractivity contribution >= 4 is 11.6 Å². The SMILES string of the molecule is CCCCC[C@H](N)c1cccc(Cl)c1. The van der Waals surface area contributed by atoms with Crippen LogP contribution in [0.3, 0.4) is 0 Å². The summed E-state index contributed by atoms with van der Waals surface area (Å²) in [6, 6.07) is 7.97. The summed E-state index contributed by atoms with van der Waals surface area (Å²) >= 11 is 5.89. The molecule has 1 rings (SSSR count). The van der Waals surface area contributed by atoms with Gasteiger partial charge in [0.2, 0.25) is 0 Å². The van der Waals surface area contributed by atoms with Crippen molar-refractivity contribution in [1.29, 1.82) is 0 Å². The minimum absolute atomic E-state index is 0.139. The van der Waals surface area contributed by atoms with Crippen LogP contribution < -0.4 is 5.73 Å². The lowest BCUT2D eigenvalue weighted by atomic mass is 10.0. The lowest BCUT2D eigenvalue weighted by Gasteiger charge is -2.11. The minimum Gasteiger partial charge on any atom is -0.324 e. The van der Waals surface area contributed by atoms with E-state index in [0.29, 0.717) is 0 Å². The van der Waals surface area contributed by atoms with Crippen LogP contribution in [0.4, 0.5) is 0 Å². The highest BCUT2D eigenvalue weighted by Gasteiger charge is 2.05. The van der Waals surface area contributed by atoms with E-state index in [9.17, 15) is 0 Å². The van der Waals surface area contributed by atoms with Crippen molar-refractivity contribution < 1.29 is 0 Å². The number of unbranched alkanes of at least 4 members (excludes halogenated alkanes) is 2. The zero-order valence-electron chi connectivity index (χ0n) is 8.67. The molecule has 0 aliphatic heterocycles. The Morgan fingerprint density at radius 3 is 2.79 bits per heavy atom. The van der Waals surface area contributed by atoms with Gasteiger partial charge in [0.15, 0.2) is 0 Å². The predicted octanol–water partition coefficient (Wildman–Crippen LogP) is 3.92. The Labute approximate surface area is 91.3 Å². The molecule has 1 aromatic carbocycles. The van der Waals surface area contributed by atoms with Gasteiger partial charge in [0.05, 0.1) is 0 Å².